The van der Waals surface area contributed by atoms with Crippen molar-refractivity contribution >= 4 is 28.5 Å². The van der Waals surface area contributed by atoms with Crippen LogP contribution in [0.25, 0.3) is 11.0 Å². The molecule has 2 aromatic heterocycles. The van der Waals surface area contributed by atoms with Gasteiger partial charge in [0.05, 0.1) is 6.26 Å². The fourth-order valence-corrected chi connectivity index (χ4v) is 4.51. The first kappa shape index (κ1) is 25.3. The lowest BCUT2D eigenvalue weighted by Crippen LogP contribution is -2.37. The van der Waals surface area contributed by atoms with E-state index in [0.717, 1.165) is 29.4 Å². The summed E-state index contributed by atoms with van der Waals surface area (Å²) in [7, 11) is 0. The summed E-state index contributed by atoms with van der Waals surface area (Å²) in [5.74, 6) is -0.553. The Hall–Kier alpha value is -4.34. The minimum Gasteiger partial charge on any atom is -0.468 e. The van der Waals surface area contributed by atoms with E-state index in [2.05, 4.69) is 15.0 Å². The number of aromatic nitrogens is 1. The Morgan fingerprint density at radius 2 is 1.79 bits per heavy atom. The Bertz CT molecular complexity index is 1440. The number of halogens is 3. The van der Waals surface area contributed by atoms with Crippen molar-refractivity contribution in [2.24, 2.45) is 0 Å². The number of carbonyl (C=O) groups is 2. The Balaban J connectivity index is 1.15. The molecule has 0 saturated carbocycles. The standard InChI is InChI=1S/C28H24F3N3O4/c29-28(30,31)17-38-25-3-1-2-23(33-25)26(35)32-22-7-4-18(5-8-22)19-10-13-34(14-11-19)27(36)21-6-9-24-20(16-21)12-15-37-24/h1-9,12,15-16,19H,10-11,13-14,17H2,(H,32,35). The number of hydrogen-bond acceptors (Lipinski definition) is 5. The number of amides is 2. The topological polar surface area (TPSA) is 84.7 Å². The van der Waals surface area contributed by atoms with Crippen LogP contribution in [0.4, 0.5) is 18.9 Å². The van der Waals surface area contributed by atoms with E-state index in [1.54, 1.807) is 24.5 Å². The number of fused-ring (bicyclic) bond motifs is 1. The van der Waals surface area contributed by atoms with E-state index in [1.807, 2.05) is 35.2 Å². The molecule has 0 aliphatic carbocycles. The molecule has 2 amide bonds. The molecule has 3 heterocycles. The Labute approximate surface area is 216 Å². The molecule has 5 rings (SSSR count). The highest BCUT2D eigenvalue weighted by Gasteiger charge is 2.29. The second-order valence-electron chi connectivity index (χ2n) is 9.08. The first-order chi connectivity index (χ1) is 18.2. The maximum atomic E-state index is 13.0. The maximum absolute atomic E-state index is 13.0. The number of likely N-dealkylation sites (tertiary alicyclic amines) is 1. The quantitative estimate of drug-likeness (QED) is 0.333. The van der Waals surface area contributed by atoms with Gasteiger partial charge in [-0.1, -0.05) is 18.2 Å². The highest BCUT2D eigenvalue weighted by atomic mass is 19.4. The summed E-state index contributed by atoms with van der Waals surface area (Å²) < 4.78 is 47.1. The summed E-state index contributed by atoms with van der Waals surface area (Å²) in [6.07, 6.45) is -1.25. The lowest BCUT2D eigenvalue weighted by molar-refractivity contribution is -0.154. The van der Waals surface area contributed by atoms with Crippen molar-refractivity contribution in [1.82, 2.24) is 9.88 Å². The molecule has 0 unspecified atom stereocenters. The van der Waals surface area contributed by atoms with E-state index < -0.39 is 18.7 Å². The number of pyridine rings is 1. The molecule has 0 spiro atoms. The SMILES string of the molecule is O=C(Nc1ccc(C2CCN(C(=O)c3ccc4occc4c3)CC2)cc1)c1cccc(OCC(F)(F)F)n1. The third-order valence-corrected chi connectivity index (χ3v) is 6.46. The van der Waals surface area contributed by atoms with Gasteiger partial charge in [0.1, 0.15) is 11.3 Å². The molecule has 4 aromatic rings. The number of nitrogens with one attached hydrogen (secondary N) is 1. The van der Waals surface area contributed by atoms with Gasteiger partial charge in [-0.2, -0.15) is 13.2 Å². The van der Waals surface area contributed by atoms with Crippen LogP contribution in [0, 0.1) is 0 Å². The second-order valence-corrected chi connectivity index (χ2v) is 9.08. The number of hydrogen-bond donors (Lipinski definition) is 1. The minimum atomic E-state index is -4.50. The molecule has 10 heteroatoms. The first-order valence-electron chi connectivity index (χ1n) is 12.1. The fourth-order valence-electron chi connectivity index (χ4n) is 4.51. The van der Waals surface area contributed by atoms with Crippen LogP contribution in [0.5, 0.6) is 5.88 Å². The van der Waals surface area contributed by atoms with Crippen molar-refractivity contribution in [2.45, 2.75) is 24.9 Å². The zero-order chi connectivity index (χ0) is 26.7. The van der Waals surface area contributed by atoms with Crippen molar-refractivity contribution in [3.05, 3.63) is 89.8 Å². The summed E-state index contributed by atoms with van der Waals surface area (Å²) in [6.45, 7) is -0.200. The van der Waals surface area contributed by atoms with Crippen molar-refractivity contribution in [1.29, 1.82) is 0 Å². The number of furan rings is 1. The van der Waals surface area contributed by atoms with Crippen LogP contribution in [0.15, 0.2) is 77.4 Å². The van der Waals surface area contributed by atoms with Crippen LogP contribution in [0.2, 0.25) is 0 Å². The summed E-state index contributed by atoms with van der Waals surface area (Å²) >= 11 is 0. The molecule has 7 nitrogen and oxygen atoms in total. The number of benzene rings is 2. The molecule has 1 aliphatic heterocycles. The Morgan fingerprint density at radius 1 is 1.03 bits per heavy atom. The fraction of sp³-hybridized carbons (Fsp3) is 0.250. The van der Waals surface area contributed by atoms with E-state index in [0.29, 0.717) is 24.3 Å². The highest BCUT2D eigenvalue weighted by molar-refractivity contribution is 6.03. The zero-order valence-electron chi connectivity index (χ0n) is 20.2. The molecule has 2 aromatic carbocycles. The van der Waals surface area contributed by atoms with Crippen molar-refractivity contribution in [3.63, 3.8) is 0 Å². The molecular weight excluding hydrogens is 499 g/mol. The van der Waals surface area contributed by atoms with Gasteiger partial charge >= 0.3 is 6.18 Å². The average Bonchev–Trinajstić information content (AvgIpc) is 3.40. The molecule has 0 atom stereocenters. The molecule has 38 heavy (non-hydrogen) atoms. The molecule has 196 valence electrons. The van der Waals surface area contributed by atoms with Crippen LogP contribution in [0.1, 0.15) is 45.2 Å². The van der Waals surface area contributed by atoms with Gasteiger partial charge in [0, 0.05) is 35.8 Å². The van der Waals surface area contributed by atoms with Gasteiger partial charge in [0.2, 0.25) is 5.88 Å². The number of piperidine rings is 1. The lowest BCUT2D eigenvalue weighted by atomic mass is 9.89. The van der Waals surface area contributed by atoms with Gasteiger partial charge in [0.25, 0.3) is 11.8 Å². The van der Waals surface area contributed by atoms with Crippen LogP contribution < -0.4 is 10.1 Å². The molecular formula is C28H24F3N3O4. The third kappa shape index (κ3) is 5.96. The van der Waals surface area contributed by atoms with Crippen molar-refractivity contribution in [3.8, 4) is 5.88 Å². The predicted octanol–water partition coefficient (Wildman–Crippen LogP) is 6.04. The average molecular weight is 524 g/mol. The molecule has 1 N–H and O–H groups in total. The van der Waals surface area contributed by atoms with Gasteiger partial charge < -0.3 is 19.4 Å². The van der Waals surface area contributed by atoms with E-state index in [9.17, 15) is 22.8 Å². The summed E-state index contributed by atoms with van der Waals surface area (Å²) in [6, 6.07) is 18.8. The van der Waals surface area contributed by atoms with Gasteiger partial charge in [-0.3, -0.25) is 9.59 Å². The monoisotopic (exact) mass is 523 g/mol. The Morgan fingerprint density at radius 3 is 2.53 bits per heavy atom. The number of anilines is 1. The molecule has 0 radical (unpaired) electrons. The van der Waals surface area contributed by atoms with E-state index in [1.165, 1.54) is 18.2 Å². The highest BCUT2D eigenvalue weighted by Crippen LogP contribution is 2.30. The predicted molar refractivity (Wildman–Crippen MR) is 134 cm³/mol. The smallest absolute Gasteiger partial charge is 0.422 e. The summed E-state index contributed by atoms with van der Waals surface area (Å²) in [4.78, 5) is 31.2. The van der Waals surface area contributed by atoms with Crippen molar-refractivity contribution in [2.75, 3.05) is 25.0 Å². The van der Waals surface area contributed by atoms with E-state index in [-0.39, 0.29) is 23.4 Å². The van der Waals surface area contributed by atoms with Crippen LogP contribution in [-0.2, 0) is 0 Å². The number of nitrogens with zero attached hydrogens (tertiary/aromatic N) is 2. The molecule has 0 bridgehead atoms. The Kier molecular flexibility index (Phi) is 7.04. The number of carbonyl (C=O) groups excluding carboxylic acids is 2. The van der Waals surface area contributed by atoms with Crippen LogP contribution in [-0.4, -0.2) is 47.6 Å². The first-order valence-corrected chi connectivity index (χ1v) is 12.1. The normalized spacial score (nSPS) is 14.4. The van der Waals surface area contributed by atoms with Gasteiger partial charge in [-0.15, -0.1) is 0 Å². The summed E-state index contributed by atoms with van der Waals surface area (Å²) in [5.41, 5.74) is 2.97. The van der Waals surface area contributed by atoms with E-state index >= 15 is 0 Å². The third-order valence-electron chi connectivity index (χ3n) is 6.46. The van der Waals surface area contributed by atoms with Crippen LogP contribution >= 0.6 is 0 Å². The van der Waals surface area contributed by atoms with E-state index in [4.69, 9.17) is 4.42 Å². The largest absolute Gasteiger partial charge is 0.468 e. The second kappa shape index (κ2) is 10.6. The molecule has 1 saturated heterocycles. The van der Waals surface area contributed by atoms with Gasteiger partial charge in [0.15, 0.2) is 6.61 Å². The molecule has 1 aliphatic rings. The molecule has 1 fully saturated rings. The van der Waals surface area contributed by atoms with Crippen molar-refractivity contribution < 1.29 is 31.9 Å². The van der Waals surface area contributed by atoms with Crippen LogP contribution in [0.3, 0.4) is 0 Å². The van der Waals surface area contributed by atoms with Gasteiger partial charge in [-0.25, -0.2) is 4.98 Å². The summed E-state index contributed by atoms with van der Waals surface area (Å²) in [5, 5.41) is 3.60. The zero-order valence-corrected chi connectivity index (χ0v) is 20.2. The minimum absolute atomic E-state index is 0.00564. The number of alkyl halides is 3. The van der Waals surface area contributed by atoms with Gasteiger partial charge in [-0.05, 0) is 66.8 Å². The maximum Gasteiger partial charge on any atom is 0.422 e. The number of rotatable bonds is 6. The number of ether oxygens (including phenoxy) is 1. The lowest BCUT2D eigenvalue weighted by Gasteiger charge is -2.32.